The van der Waals surface area contributed by atoms with E-state index in [0.717, 1.165) is 0 Å². The second-order valence-corrected chi connectivity index (χ2v) is 3.98. The molecule has 1 aromatic rings. The van der Waals surface area contributed by atoms with E-state index in [4.69, 9.17) is 4.74 Å². The molecule has 0 unspecified atom stereocenters. The number of aliphatic hydroxyl groups is 1. The van der Waals surface area contributed by atoms with E-state index in [2.05, 4.69) is 11.9 Å². The predicted molar refractivity (Wildman–Crippen MR) is 70.4 cm³/mol. The number of carbonyl (C=O) groups is 2. The van der Waals surface area contributed by atoms with Crippen LogP contribution in [0.15, 0.2) is 42.5 Å². The molecule has 19 heavy (non-hydrogen) atoms. The third-order valence-corrected chi connectivity index (χ3v) is 2.66. The van der Waals surface area contributed by atoms with E-state index in [1.807, 2.05) is 0 Å². The highest BCUT2D eigenvalue weighted by molar-refractivity contribution is 6.08. The van der Waals surface area contributed by atoms with Crippen molar-refractivity contribution >= 4 is 23.3 Å². The van der Waals surface area contributed by atoms with Crippen molar-refractivity contribution in [2.75, 3.05) is 11.9 Å². The maximum Gasteiger partial charge on any atom is 0.338 e. The number of amides is 1. The van der Waals surface area contributed by atoms with Gasteiger partial charge in [-0.1, -0.05) is 24.8 Å². The van der Waals surface area contributed by atoms with Gasteiger partial charge >= 0.3 is 5.97 Å². The number of nitrogens with one attached hydrogen (secondary N) is 1. The molecule has 0 aromatic heterocycles. The summed E-state index contributed by atoms with van der Waals surface area (Å²) in [4.78, 5) is 23.5. The Labute approximate surface area is 110 Å². The smallest absolute Gasteiger partial charge is 0.338 e. The number of para-hydroxylation sites is 1. The van der Waals surface area contributed by atoms with Crippen molar-refractivity contribution in [3.63, 3.8) is 0 Å². The zero-order chi connectivity index (χ0) is 13.8. The van der Waals surface area contributed by atoms with Crippen molar-refractivity contribution < 1.29 is 19.4 Å². The number of fused-ring (bicyclic) bond motifs is 1. The molecule has 5 heteroatoms. The Balaban J connectivity index is 2.44. The molecule has 0 spiro atoms. The van der Waals surface area contributed by atoms with Crippen molar-refractivity contribution in [2.24, 2.45) is 0 Å². The van der Waals surface area contributed by atoms with E-state index in [-0.39, 0.29) is 30.3 Å². The van der Waals surface area contributed by atoms with Gasteiger partial charge in [0, 0.05) is 5.56 Å². The molecule has 1 aromatic carbocycles. The molecule has 1 aliphatic rings. The van der Waals surface area contributed by atoms with Gasteiger partial charge in [0.25, 0.3) is 0 Å². The topological polar surface area (TPSA) is 75.6 Å². The second kappa shape index (κ2) is 5.39. The fourth-order valence-corrected chi connectivity index (χ4v) is 1.79. The van der Waals surface area contributed by atoms with Crippen LogP contribution in [0.25, 0.3) is 5.76 Å². The van der Waals surface area contributed by atoms with Crippen LogP contribution in [0.5, 0.6) is 0 Å². The lowest BCUT2D eigenvalue weighted by molar-refractivity contribution is -0.138. The van der Waals surface area contributed by atoms with Crippen molar-refractivity contribution in [3.8, 4) is 0 Å². The van der Waals surface area contributed by atoms with E-state index >= 15 is 0 Å². The Bertz CT molecular complexity index is 575. The maximum atomic E-state index is 11.8. The molecule has 0 fully saturated rings. The Morgan fingerprint density at radius 2 is 2.21 bits per heavy atom. The minimum atomic E-state index is -0.718. The van der Waals surface area contributed by atoms with E-state index in [9.17, 15) is 14.7 Å². The molecule has 0 saturated heterocycles. The largest absolute Gasteiger partial charge is 0.507 e. The Kier molecular flexibility index (Phi) is 3.66. The van der Waals surface area contributed by atoms with Gasteiger partial charge in [-0.3, -0.25) is 4.79 Å². The summed E-state index contributed by atoms with van der Waals surface area (Å²) < 4.78 is 4.87. The average Bonchev–Trinajstić information content (AvgIpc) is 2.53. The lowest BCUT2D eigenvalue weighted by atomic mass is 10.1. The fourth-order valence-electron chi connectivity index (χ4n) is 1.79. The minimum absolute atomic E-state index is 0.0267. The summed E-state index contributed by atoms with van der Waals surface area (Å²) >= 11 is 0. The zero-order valence-corrected chi connectivity index (χ0v) is 10.2. The molecule has 0 aliphatic carbocycles. The molecule has 0 atom stereocenters. The molecule has 0 radical (unpaired) electrons. The van der Waals surface area contributed by atoms with Crippen molar-refractivity contribution in [2.45, 2.75) is 6.42 Å². The molecular formula is C14H13NO4. The van der Waals surface area contributed by atoms with Gasteiger partial charge in [0.05, 0.1) is 17.7 Å². The molecule has 1 amide bonds. The summed E-state index contributed by atoms with van der Waals surface area (Å²) in [6.07, 6.45) is 1.19. The molecule has 1 aliphatic heterocycles. The van der Waals surface area contributed by atoms with Gasteiger partial charge in [-0.2, -0.15) is 0 Å². The first-order chi connectivity index (χ1) is 9.13. The Morgan fingerprint density at radius 3 is 2.95 bits per heavy atom. The maximum absolute atomic E-state index is 11.8. The van der Waals surface area contributed by atoms with Crippen LogP contribution in [0.3, 0.4) is 0 Å². The number of hydrogen-bond donors (Lipinski definition) is 2. The number of benzene rings is 1. The number of hydrogen-bond acceptors (Lipinski definition) is 4. The lowest BCUT2D eigenvalue weighted by Gasteiger charge is -2.07. The highest BCUT2D eigenvalue weighted by Crippen LogP contribution is 2.29. The van der Waals surface area contributed by atoms with Crippen molar-refractivity contribution in [3.05, 3.63) is 48.1 Å². The normalized spacial score (nSPS) is 14.2. The molecule has 1 heterocycles. The van der Waals surface area contributed by atoms with Crippen LogP contribution < -0.4 is 5.32 Å². The fraction of sp³-hybridized carbons (Fsp3) is 0.143. The number of carbonyl (C=O) groups excluding carboxylic acids is 2. The van der Waals surface area contributed by atoms with Crippen LogP contribution in [0.2, 0.25) is 0 Å². The van der Waals surface area contributed by atoms with Crippen LogP contribution in [0.1, 0.15) is 12.0 Å². The number of aliphatic hydroxyl groups excluding tert-OH is 1. The summed E-state index contributed by atoms with van der Waals surface area (Å²) in [7, 11) is 0. The quantitative estimate of drug-likeness (QED) is 0.643. The first-order valence-corrected chi connectivity index (χ1v) is 5.73. The predicted octanol–water partition coefficient (Wildman–Crippen LogP) is 2.03. The first-order valence-electron chi connectivity index (χ1n) is 5.73. The van der Waals surface area contributed by atoms with Gasteiger partial charge in [0.2, 0.25) is 5.91 Å². The second-order valence-electron chi connectivity index (χ2n) is 3.98. The van der Waals surface area contributed by atoms with Gasteiger partial charge in [-0.25, -0.2) is 4.79 Å². The zero-order valence-electron chi connectivity index (χ0n) is 10.2. The van der Waals surface area contributed by atoms with E-state index < -0.39 is 5.97 Å². The number of esters is 1. The summed E-state index contributed by atoms with van der Waals surface area (Å²) in [6.45, 7) is 3.46. The van der Waals surface area contributed by atoms with Crippen LogP contribution >= 0.6 is 0 Å². The summed E-state index contributed by atoms with van der Waals surface area (Å²) in [5, 5.41) is 12.8. The van der Waals surface area contributed by atoms with Crippen LogP contribution in [0.4, 0.5) is 5.69 Å². The number of rotatable bonds is 3. The van der Waals surface area contributed by atoms with Crippen LogP contribution in [0, 0.1) is 0 Å². The van der Waals surface area contributed by atoms with Gasteiger partial charge in [-0.05, 0) is 12.1 Å². The summed E-state index contributed by atoms with van der Waals surface area (Å²) in [5.74, 6) is -1.32. The third-order valence-electron chi connectivity index (χ3n) is 2.66. The van der Waals surface area contributed by atoms with Crippen molar-refractivity contribution in [1.29, 1.82) is 0 Å². The highest BCUT2D eigenvalue weighted by atomic mass is 16.5. The molecule has 98 valence electrons. The standard InChI is InChI=1S/C14H13NO4/c1-2-7-19-14(18)10-8-12(16)15-11-6-4-3-5-9(11)13(10)17/h2-6,17H,1,7-8H2,(H,15,16). The van der Waals surface area contributed by atoms with Gasteiger partial charge in [-0.15, -0.1) is 0 Å². The molecule has 2 rings (SSSR count). The van der Waals surface area contributed by atoms with Crippen LogP contribution in [-0.4, -0.2) is 23.6 Å². The molecule has 0 saturated carbocycles. The Morgan fingerprint density at radius 1 is 1.47 bits per heavy atom. The van der Waals surface area contributed by atoms with Gasteiger partial charge in [0.15, 0.2) is 0 Å². The lowest BCUT2D eigenvalue weighted by Crippen LogP contribution is -2.16. The van der Waals surface area contributed by atoms with E-state index in [0.29, 0.717) is 11.3 Å². The van der Waals surface area contributed by atoms with Gasteiger partial charge in [0.1, 0.15) is 12.4 Å². The van der Waals surface area contributed by atoms with E-state index in [1.165, 1.54) is 6.08 Å². The number of anilines is 1. The van der Waals surface area contributed by atoms with Gasteiger partial charge < -0.3 is 15.2 Å². The summed E-state index contributed by atoms with van der Waals surface area (Å²) in [6, 6.07) is 6.71. The monoisotopic (exact) mass is 259 g/mol. The molecule has 2 N–H and O–H groups in total. The van der Waals surface area contributed by atoms with Crippen LogP contribution in [-0.2, 0) is 14.3 Å². The molecule has 5 nitrogen and oxygen atoms in total. The first kappa shape index (κ1) is 12.9. The molecule has 0 bridgehead atoms. The summed E-state index contributed by atoms with van der Waals surface area (Å²) in [5.41, 5.74) is 0.819. The Hall–Kier alpha value is -2.56. The average molecular weight is 259 g/mol. The van der Waals surface area contributed by atoms with E-state index in [1.54, 1.807) is 24.3 Å². The molecular weight excluding hydrogens is 246 g/mol. The highest BCUT2D eigenvalue weighted by Gasteiger charge is 2.26. The minimum Gasteiger partial charge on any atom is -0.507 e. The van der Waals surface area contributed by atoms with Crippen molar-refractivity contribution in [1.82, 2.24) is 0 Å². The number of ether oxygens (including phenoxy) is 1. The third kappa shape index (κ3) is 2.65. The SMILES string of the molecule is C=CCOC(=O)C1=C(O)c2ccccc2NC(=O)C1.